The zero-order valence-corrected chi connectivity index (χ0v) is 10.5. The van der Waals surface area contributed by atoms with Gasteiger partial charge in [-0.05, 0) is 18.1 Å². The van der Waals surface area contributed by atoms with E-state index in [-0.39, 0.29) is 11.9 Å². The summed E-state index contributed by atoms with van der Waals surface area (Å²) in [6, 6.07) is 0. The van der Waals surface area contributed by atoms with Gasteiger partial charge in [0.15, 0.2) is 11.6 Å². The van der Waals surface area contributed by atoms with Crippen LogP contribution in [0.15, 0.2) is 0 Å². The van der Waals surface area contributed by atoms with Crippen molar-refractivity contribution in [2.45, 2.75) is 44.2 Å². The summed E-state index contributed by atoms with van der Waals surface area (Å²) in [6.45, 7) is 1.86. The molecule has 0 aromatic carbocycles. The monoisotopic (exact) mass is 254 g/mol. The van der Waals surface area contributed by atoms with Gasteiger partial charge in [-0.15, -0.1) is 10.2 Å². The molecule has 0 radical (unpaired) electrons. The Kier molecular flexibility index (Phi) is 3.27. The van der Waals surface area contributed by atoms with Gasteiger partial charge in [0.1, 0.15) is 6.61 Å². The van der Waals surface area contributed by atoms with Gasteiger partial charge < -0.3 is 14.2 Å². The molecule has 0 N–H and O–H groups in total. The van der Waals surface area contributed by atoms with Gasteiger partial charge >= 0.3 is 0 Å². The molecular formula is C11H18N4O3. The minimum atomic E-state index is -0.315. The van der Waals surface area contributed by atoms with Crippen LogP contribution in [-0.4, -0.2) is 45.3 Å². The van der Waals surface area contributed by atoms with Crippen LogP contribution >= 0.6 is 0 Å². The van der Waals surface area contributed by atoms with Gasteiger partial charge in [0.2, 0.25) is 0 Å². The van der Waals surface area contributed by atoms with E-state index in [4.69, 9.17) is 14.2 Å². The maximum absolute atomic E-state index is 5.80. The number of ether oxygens (including phenoxy) is 3. The van der Waals surface area contributed by atoms with Crippen molar-refractivity contribution >= 4 is 0 Å². The number of nitrogens with zero attached hydrogens (tertiary/aromatic N) is 4. The average molecular weight is 254 g/mol. The summed E-state index contributed by atoms with van der Waals surface area (Å²) in [5.74, 6) is 0.316. The molecule has 1 spiro atoms. The molecule has 7 nitrogen and oxygen atoms in total. The molecule has 18 heavy (non-hydrogen) atoms. The largest absolute Gasteiger partial charge is 0.370 e. The van der Waals surface area contributed by atoms with Crippen LogP contribution in [0.4, 0.5) is 0 Å². The Bertz CT molecular complexity index is 393. The molecule has 3 rings (SSSR count). The highest BCUT2D eigenvalue weighted by molar-refractivity contribution is 4.83. The fourth-order valence-corrected chi connectivity index (χ4v) is 2.56. The quantitative estimate of drug-likeness (QED) is 0.778. The molecule has 1 aliphatic heterocycles. The Morgan fingerprint density at radius 3 is 2.67 bits per heavy atom. The van der Waals surface area contributed by atoms with E-state index >= 15 is 0 Å². The van der Waals surface area contributed by atoms with Crippen LogP contribution in [0.1, 0.15) is 31.5 Å². The van der Waals surface area contributed by atoms with Gasteiger partial charge in [-0.3, -0.25) is 0 Å². The first-order valence-electron chi connectivity index (χ1n) is 6.38. The predicted octanol–water partition coefficient (Wildman–Crippen LogP) is 0.412. The van der Waals surface area contributed by atoms with Crippen LogP contribution < -0.4 is 0 Å². The molecule has 0 amide bonds. The summed E-state index contributed by atoms with van der Waals surface area (Å²) in [6.07, 6.45) is 3.98. The third kappa shape index (κ3) is 2.52. The molecule has 7 heteroatoms. The summed E-state index contributed by atoms with van der Waals surface area (Å²) < 4.78 is 17.2. The van der Waals surface area contributed by atoms with Gasteiger partial charge in [-0.2, -0.15) is 4.80 Å². The van der Waals surface area contributed by atoms with Crippen molar-refractivity contribution in [1.29, 1.82) is 0 Å². The Balaban J connectivity index is 1.45. The number of rotatable bonds is 3. The molecule has 1 saturated carbocycles. The lowest BCUT2D eigenvalue weighted by Crippen LogP contribution is -2.37. The van der Waals surface area contributed by atoms with E-state index in [1.54, 1.807) is 7.05 Å². The lowest BCUT2D eigenvalue weighted by molar-refractivity contribution is -0.192. The summed E-state index contributed by atoms with van der Waals surface area (Å²) in [5, 5.41) is 11.8. The number of hydrogen-bond acceptors (Lipinski definition) is 6. The number of tetrazole rings is 1. The second-order valence-electron chi connectivity index (χ2n) is 4.81. The highest BCUT2D eigenvalue weighted by Gasteiger charge is 2.40. The van der Waals surface area contributed by atoms with Crippen LogP contribution in [0.3, 0.4) is 0 Å². The summed E-state index contributed by atoms with van der Waals surface area (Å²) in [4.78, 5) is 1.44. The first-order valence-corrected chi connectivity index (χ1v) is 6.38. The fourth-order valence-electron chi connectivity index (χ4n) is 2.56. The minimum absolute atomic E-state index is 0.243. The molecule has 0 atom stereocenters. The Hall–Kier alpha value is -1.05. The van der Waals surface area contributed by atoms with E-state index in [9.17, 15) is 0 Å². The highest BCUT2D eigenvalue weighted by atomic mass is 16.7. The smallest absolute Gasteiger partial charge is 0.200 e. The normalized spacial score (nSPS) is 23.8. The second-order valence-corrected chi connectivity index (χ2v) is 4.81. The SMILES string of the molecule is Cn1nnc(COC2CCC3(CC2)OCCO3)n1. The van der Waals surface area contributed by atoms with E-state index in [1.807, 2.05) is 0 Å². The van der Waals surface area contributed by atoms with E-state index in [1.165, 1.54) is 4.80 Å². The van der Waals surface area contributed by atoms with Gasteiger partial charge in [0, 0.05) is 12.8 Å². The first kappa shape index (κ1) is 12.0. The molecule has 1 aromatic heterocycles. The zero-order valence-electron chi connectivity index (χ0n) is 10.5. The first-order chi connectivity index (χ1) is 8.76. The van der Waals surface area contributed by atoms with Crippen LogP contribution in [0, 0.1) is 0 Å². The maximum Gasteiger partial charge on any atom is 0.200 e. The van der Waals surface area contributed by atoms with Gasteiger partial charge in [0.25, 0.3) is 0 Å². The molecule has 2 aliphatic rings. The molecule has 2 heterocycles. The molecule has 1 aliphatic carbocycles. The van der Waals surface area contributed by atoms with Crippen LogP contribution in [0.2, 0.25) is 0 Å². The lowest BCUT2D eigenvalue weighted by atomic mass is 9.92. The van der Waals surface area contributed by atoms with Crippen molar-refractivity contribution in [2.75, 3.05) is 13.2 Å². The molecule has 0 unspecified atom stereocenters. The third-order valence-electron chi connectivity index (χ3n) is 3.51. The average Bonchev–Trinajstić information content (AvgIpc) is 2.99. The van der Waals surface area contributed by atoms with Crippen molar-refractivity contribution in [3.05, 3.63) is 5.82 Å². The molecule has 2 fully saturated rings. The Morgan fingerprint density at radius 2 is 2.06 bits per heavy atom. The lowest BCUT2D eigenvalue weighted by Gasteiger charge is -2.35. The van der Waals surface area contributed by atoms with Gasteiger partial charge in [-0.25, -0.2) is 0 Å². The standard InChI is InChI=1S/C11H18N4O3/c1-15-13-10(12-14-15)8-16-9-2-4-11(5-3-9)17-6-7-18-11/h9H,2-8H2,1H3. The topological polar surface area (TPSA) is 71.3 Å². The highest BCUT2D eigenvalue weighted by Crippen LogP contribution is 2.36. The van der Waals surface area contributed by atoms with Crippen molar-refractivity contribution in [3.8, 4) is 0 Å². The predicted molar refractivity (Wildman–Crippen MR) is 60.5 cm³/mol. The Morgan fingerprint density at radius 1 is 1.33 bits per heavy atom. The molecule has 1 aromatic rings. The summed E-state index contributed by atoms with van der Waals surface area (Å²) in [7, 11) is 1.75. The zero-order chi connectivity index (χ0) is 12.4. The van der Waals surface area contributed by atoms with Crippen molar-refractivity contribution in [3.63, 3.8) is 0 Å². The molecule has 1 saturated heterocycles. The van der Waals surface area contributed by atoms with E-state index in [2.05, 4.69) is 15.4 Å². The van der Waals surface area contributed by atoms with Crippen LogP contribution in [-0.2, 0) is 27.9 Å². The van der Waals surface area contributed by atoms with Crippen molar-refractivity contribution < 1.29 is 14.2 Å². The molecule has 0 bridgehead atoms. The fraction of sp³-hybridized carbons (Fsp3) is 0.909. The number of aromatic nitrogens is 4. The van der Waals surface area contributed by atoms with Crippen molar-refractivity contribution in [2.24, 2.45) is 7.05 Å². The number of hydrogen-bond donors (Lipinski definition) is 0. The van der Waals surface area contributed by atoms with Crippen LogP contribution in [0.5, 0.6) is 0 Å². The summed E-state index contributed by atoms with van der Waals surface area (Å²) in [5.41, 5.74) is 0. The molecule has 100 valence electrons. The summed E-state index contributed by atoms with van der Waals surface area (Å²) >= 11 is 0. The molecular weight excluding hydrogens is 236 g/mol. The van der Waals surface area contributed by atoms with E-state index < -0.39 is 0 Å². The minimum Gasteiger partial charge on any atom is -0.370 e. The number of aryl methyl sites for hydroxylation is 1. The van der Waals surface area contributed by atoms with Crippen LogP contribution in [0.25, 0.3) is 0 Å². The second kappa shape index (κ2) is 4.91. The van der Waals surface area contributed by atoms with Gasteiger partial charge in [-0.1, -0.05) is 0 Å². The third-order valence-corrected chi connectivity index (χ3v) is 3.51. The van der Waals surface area contributed by atoms with Gasteiger partial charge in [0.05, 0.1) is 26.4 Å². The Labute approximate surface area is 105 Å². The van der Waals surface area contributed by atoms with E-state index in [0.29, 0.717) is 12.4 Å². The maximum atomic E-state index is 5.80. The van der Waals surface area contributed by atoms with E-state index in [0.717, 1.165) is 38.9 Å². The van der Waals surface area contributed by atoms with Crippen molar-refractivity contribution in [1.82, 2.24) is 20.2 Å².